The molecule has 0 unspecified atom stereocenters. The summed E-state index contributed by atoms with van der Waals surface area (Å²) in [4.78, 5) is 23.8. The molecule has 0 radical (unpaired) electrons. The third-order valence-corrected chi connectivity index (χ3v) is 5.50. The number of halogens is 1. The number of carbonyl (C=O) groups is 2. The number of hydrogen-bond acceptors (Lipinski definition) is 2. The van der Waals surface area contributed by atoms with Gasteiger partial charge in [0.1, 0.15) is 0 Å². The second kappa shape index (κ2) is 6.43. The lowest BCUT2D eigenvalue weighted by molar-refractivity contribution is -0.125. The van der Waals surface area contributed by atoms with Gasteiger partial charge in [-0.2, -0.15) is 0 Å². The van der Waals surface area contributed by atoms with Crippen LogP contribution in [0.25, 0.3) is 16.6 Å². The number of amides is 1. The Morgan fingerprint density at radius 1 is 1.19 bits per heavy atom. The van der Waals surface area contributed by atoms with Crippen LogP contribution in [0.2, 0.25) is 5.02 Å². The zero-order chi connectivity index (χ0) is 19.2. The molecule has 3 aromatic rings. The van der Waals surface area contributed by atoms with Gasteiger partial charge in [-0.3, -0.25) is 4.79 Å². The van der Waals surface area contributed by atoms with Gasteiger partial charge in [0.2, 0.25) is 5.91 Å². The van der Waals surface area contributed by atoms with Gasteiger partial charge in [-0.15, -0.1) is 0 Å². The number of para-hydroxylation sites is 1. The quantitative estimate of drug-likeness (QED) is 0.687. The third-order valence-electron chi connectivity index (χ3n) is 5.19. The Labute approximate surface area is 161 Å². The van der Waals surface area contributed by atoms with E-state index < -0.39 is 5.97 Å². The van der Waals surface area contributed by atoms with Crippen molar-refractivity contribution in [2.45, 2.75) is 26.3 Å². The number of carboxylic acid groups (broad SMARTS) is 1. The van der Waals surface area contributed by atoms with E-state index in [-0.39, 0.29) is 21.9 Å². The van der Waals surface area contributed by atoms with Crippen molar-refractivity contribution < 1.29 is 14.7 Å². The van der Waals surface area contributed by atoms with Crippen molar-refractivity contribution in [1.82, 2.24) is 9.88 Å². The molecule has 0 bridgehead atoms. The van der Waals surface area contributed by atoms with E-state index in [1.807, 2.05) is 47.9 Å². The molecule has 1 heterocycles. The summed E-state index contributed by atoms with van der Waals surface area (Å²) in [5.74, 6) is -1.02. The first-order valence-corrected chi connectivity index (χ1v) is 9.18. The number of hydrogen-bond donors (Lipinski definition) is 2. The number of nitrogens with one attached hydrogen (secondary N) is 1. The van der Waals surface area contributed by atoms with Crippen molar-refractivity contribution in [3.05, 3.63) is 64.8 Å². The number of aromatic carboxylic acids is 1. The minimum atomic E-state index is -1.07. The van der Waals surface area contributed by atoms with Crippen molar-refractivity contribution in [2.75, 3.05) is 0 Å². The predicted octanol–water partition coefficient (Wildman–Crippen LogP) is 4.40. The monoisotopic (exact) mass is 382 g/mol. The molecule has 0 aliphatic heterocycles. The normalized spacial score (nSPS) is 14.9. The molecule has 4 rings (SSSR count). The van der Waals surface area contributed by atoms with Crippen molar-refractivity contribution in [3.8, 4) is 5.69 Å². The molecule has 2 aromatic carbocycles. The Balaban J connectivity index is 1.81. The lowest BCUT2D eigenvalue weighted by Crippen LogP contribution is -2.30. The average Bonchev–Trinajstić information content (AvgIpc) is 3.30. The summed E-state index contributed by atoms with van der Waals surface area (Å²) in [6.45, 7) is 2.33. The number of benzene rings is 2. The molecule has 1 aliphatic rings. The van der Waals surface area contributed by atoms with E-state index in [1.165, 1.54) is 0 Å². The van der Waals surface area contributed by atoms with Crippen LogP contribution in [0.5, 0.6) is 0 Å². The summed E-state index contributed by atoms with van der Waals surface area (Å²) in [6, 6.07) is 14.8. The highest BCUT2D eigenvalue weighted by atomic mass is 35.5. The Hall–Kier alpha value is -2.79. The van der Waals surface area contributed by atoms with Crippen molar-refractivity contribution in [1.29, 1.82) is 0 Å². The Morgan fingerprint density at radius 3 is 2.52 bits per heavy atom. The molecule has 1 fully saturated rings. The van der Waals surface area contributed by atoms with Crippen molar-refractivity contribution in [2.24, 2.45) is 5.41 Å². The minimum absolute atomic E-state index is 0.0524. The van der Waals surface area contributed by atoms with Gasteiger partial charge >= 0.3 is 5.97 Å². The van der Waals surface area contributed by atoms with Crippen molar-refractivity contribution >= 4 is 34.4 Å². The molecular formula is C21H19ClN2O3. The van der Waals surface area contributed by atoms with Crippen LogP contribution < -0.4 is 5.32 Å². The van der Waals surface area contributed by atoms with Crippen LogP contribution in [-0.4, -0.2) is 21.6 Å². The lowest BCUT2D eigenvalue weighted by atomic mass is 10.1. The fourth-order valence-electron chi connectivity index (χ4n) is 3.26. The number of carbonyl (C=O) groups excluding carboxylic acids is 1. The van der Waals surface area contributed by atoms with Gasteiger partial charge in [0.15, 0.2) is 0 Å². The van der Waals surface area contributed by atoms with Crippen LogP contribution >= 0.6 is 11.6 Å². The van der Waals surface area contributed by atoms with Gasteiger partial charge in [0.25, 0.3) is 0 Å². The van der Waals surface area contributed by atoms with E-state index in [2.05, 4.69) is 5.32 Å². The molecule has 0 saturated heterocycles. The van der Waals surface area contributed by atoms with Crippen LogP contribution in [0.15, 0.2) is 48.5 Å². The van der Waals surface area contributed by atoms with Crippen molar-refractivity contribution in [3.63, 3.8) is 0 Å². The second-order valence-electron chi connectivity index (χ2n) is 7.25. The summed E-state index contributed by atoms with van der Waals surface area (Å²) in [7, 11) is 0. The van der Waals surface area contributed by atoms with Gasteiger partial charge in [-0.05, 0) is 43.2 Å². The first-order chi connectivity index (χ1) is 12.9. The second-order valence-corrected chi connectivity index (χ2v) is 7.65. The molecule has 0 atom stereocenters. The fraction of sp³-hybridized carbons (Fsp3) is 0.238. The topological polar surface area (TPSA) is 71.3 Å². The van der Waals surface area contributed by atoms with Gasteiger partial charge in [0, 0.05) is 22.2 Å². The molecule has 2 N–H and O–H groups in total. The molecule has 138 valence electrons. The maximum atomic E-state index is 12.3. The van der Waals surface area contributed by atoms with E-state index in [4.69, 9.17) is 11.6 Å². The van der Waals surface area contributed by atoms with Crippen LogP contribution in [0, 0.1) is 5.41 Å². The van der Waals surface area contributed by atoms with E-state index in [9.17, 15) is 14.7 Å². The maximum absolute atomic E-state index is 12.3. The zero-order valence-corrected chi connectivity index (χ0v) is 15.6. The molecule has 0 spiro atoms. The van der Waals surface area contributed by atoms with E-state index in [0.717, 1.165) is 35.1 Å². The summed E-state index contributed by atoms with van der Waals surface area (Å²) in [5.41, 5.74) is 2.31. The van der Waals surface area contributed by atoms with E-state index >= 15 is 0 Å². The summed E-state index contributed by atoms with van der Waals surface area (Å²) in [6.07, 6.45) is 1.83. The van der Waals surface area contributed by atoms with Gasteiger partial charge < -0.3 is 15.0 Å². The molecule has 1 saturated carbocycles. The number of rotatable bonds is 5. The number of fused-ring (bicyclic) bond motifs is 1. The van der Waals surface area contributed by atoms with Gasteiger partial charge in [-0.25, -0.2) is 4.79 Å². The van der Waals surface area contributed by atoms with E-state index in [0.29, 0.717) is 6.54 Å². The molecule has 6 heteroatoms. The predicted molar refractivity (Wildman–Crippen MR) is 104 cm³/mol. The number of carboxylic acids is 1. The number of nitrogens with zero attached hydrogens (tertiary/aromatic N) is 1. The largest absolute Gasteiger partial charge is 0.478 e. The van der Waals surface area contributed by atoms with Crippen LogP contribution in [0.3, 0.4) is 0 Å². The molecule has 1 amide bonds. The smallest absolute Gasteiger partial charge is 0.337 e. The zero-order valence-electron chi connectivity index (χ0n) is 14.8. The molecular weight excluding hydrogens is 364 g/mol. The molecule has 1 aliphatic carbocycles. The molecule has 27 heavy (non-hydrogen) atoms. The van der Waals surface area contributed by atoms with Crippen LogP contribution in [0.1, 0.15) is 35.8 Å². The average molecular weight is 383 g/mol. The SMILES string of the molecule is CC1(C(=O)NCc2cc3cc(Cl)c(C(=O)O)cc3n2-c2ccccc2)CC1. The minimum Gasteiger partial charge on any atom is -0.478 e. The van der Waals surface area contributed by atoms with Gasteiger partial charge in [-0.1, -0.05) is 36.7 Å². The highest BCUT2D eigenvalue weighted by Crippen LogP contribution is 2.45. The van der Waals surface area contributed by atoms with Crippen LogP contribution in [-0.2, 0) is 11.3 Å². The third kappa shape index (κ3) is 3.19. The Bertz CT molecular complexity index is 1050. The molecule has 5 nitrogen and oxygen atoms in total. The van der Waals surface area contributed by atoms with Crippen LogP contribution in [0.4, 0.5) is 0 Å². The van der Waals surface area contributed by atoms with Gasteiger partial charge in [0.05, 0.1) is 22.6 Å². The maximum Gasteiger partial charge on any atom is 0.337 e. The Kier molecular flexibility index (Phi) is 4.19. The summed E-state index contributed by atoms with van der Waals surface area (Å²) < 4.78 is 1.97. The standard InChI is InChI=1S/C21H19ClN2O3/c1-21(7-8-21)20(27)23-12-15-9-13-10-17(22)16(19(25)26)11-18(13)24(15)14-5-3-2-4-6-14/h2-6,9-11H,7-8,12H2,1H3,(H,23,27)(H,25,26). The first kappa shape index (κ1) is 17.6. The summed E-state index contributed by atoms with van der Waals surface area (Å²) >= 11 is 6.14. The summed E-state index contributed by atoms with van der Waals surface area (Å²) in [5, 5.41) is 13.5. The number of aromatic nitrogens is 1. The highest BCUT2D eigenvalue weighted by Gasteiger charge is 2.44. The first-order valence-electron chi connectivity index (χ1n) is 8.80. The fourth-order valence-corrected chi connectivity index (χ4v) is 3.51. The molecule has 1 aromatic heterocycles. The van der Waals surface area contributed by atoms with E-state index in [1.54, 1.807) is 12.1 Å². The highest BCUT2D eigenvalue weighted by molar-refractivity contribution is 6.34. The lowest BCUT2D eigenvalue weighted by Gasteiger charge is -2.14. The Morgan fingerprint density at radius 2 is 1.89 bits per heavy atom.